The van der Waals surface area contributed by atoms with E-state index in [-0.39, 0.29) is 5.91 Å². The molecule has 0 radical (unpaired) electrons. The molecule has 1 aliphatic heterocycles. The van der Waals surface area contributed by atoms with Crippen LogP contribution in [0.3, 0.4) is 0 Å². The maximum atomic E-state index is 12.1. The van der Waals surface area contributed by atoms with Crippen LogP contribution in [0.25, 0.3) is 6.08 Å². The van der Waals surface area contributed by atoms with Gasteiger partial charge in [0.2, 0.25) is 0 Å². The fourth-order valence-electron chi connectivity index (χ4n) is 2.81. The number of amides is 1. The quantitative estimate of drug-likeness (QED) is 0.850. The first-order valence-electron chi connectivity index (χ1n) is 8.45. The number of carbonyl (C=O) groups excluding carboxylic acids is 1. The van der Waals surface area contributed by atoms with Crippen LogP contribution >= 0.6 is 0 Å². The number of hydrogen-bond donors (Lipinski definition) is 1. The predicted octanol–water partition coefficient (Wildman–Crippen LogP) is 3.56. The molecular formula is C21H23N3O. The Hall–Kier alpha value is -2.88. The Bertz CT molecular complexity index is 832. The molecule has 0 bridgehead atoms. The van der Waals surface area contributed by atoms with E-state index in [1.807, 2.05) is 61.5 Å². The minimum Gasteiger partial charge on any atom is -0.378 e. The number of aryl methyl sites for hydroxylation is 2. The van der Waals surface area contributed by atoms with Gasteiger partial charge in [-0.2, -0.15) is 0 Å². The number of nitrogens with zero attached hydrogens (tertiary/aromatic N) is 2. The van der Waals surface area contributed by atoms with Gasteiger partial charge in [0, 0.05) is 26.2 Å². The molecule has 0 saturated heterocycles. The molecule has 0 aliphatic carbocycles. The van der Waals surface area contributed by atoms with Crippen molar-refractivity contribution in [3.8, 4) is 0 Å². The highest BCUT2D eigenvalue weighted by Gasteiger charge is 2.19. The van der Waals surface area contributed by atoms with Crippen LogP contribution in [0.15, 0.2) is 59.2 Å². The highest BCUT2D eigenvalue weighted by Crippen LogP contribution is 2.18. The molecule has 2 aromatic carbocycles. The predicted molar refractivity (Wildman–Crippen MR) is 104 cm³/mol. The van der Waals surface area contributed by atoms with Crippen LogP contribution in [0.4, 0.5) is 5.69 Å². The molecule has 0 unspecified atom stereocenters. The third-order valence-electron chi connectivity index (χ3n) is 4.35. The van der Waals surface area contributed by atoms with Crippen LogP contribution in [-0.2, 0) is 11.2 Å². The molecule has 1 aliphatic rings. The Balaban J connectivity index is 1.70. The van der Waals surface area contributed by atoms with E-state index < -0.39 is 0 Å². The van der Waals surface area contributed by atoms with Gasteiger partial charge in [0.1, 0.15) is 11.5 Å². The number of anilines is 1. The molecule has 0 aromatic heterocycles. The Kier molecular flexibility index (Phi) is 4.98. The van der Waals surface area contributed by atoms with Gasteiger partial charge in [-0.05, 0) is 48.2 Å². The summed E-state index contributed by atoms with van der Waals surface area (Å²) in [6.45, 7) is 2.10. The van der Waals surface area contributed by atoms with E-state index in [1.54, 1.807) is 0 Å². The SMILES string of the molecule is Cc1ccccc1CCC1=N/C(=C/c2ccc(N(C)C)cc2)C(=O)N1. The second-order valence-corrected chi connectivity index (χ2v) is 6.45. The molecule has 4 heteroatoms. The summed E-state index contributed by atoms with van der Waals surface area (Å²) in [5.74, 6) is 0.612. The lowest BCUT2D eigenvalue weighted by atomic mass is 10.0. The monoisotopic (exact) mass is 333 g/mol. The minimum atomic E-state index is -0.128. The number of carbonyl (C=O) groups is 1. The Labute approximate surface area is 148 Å². The normalized spacial score (nSPS) is 15.2. The third-order valence-corrected chi connectivity index (χ3v) is 4.35. The van der Waals surface area contributed by atoms with E-state index in [2.05, 4.69) is 29.4 Å². The van der Waals surface area contributed by atoms with Gasteiger partial charge in [0.15, 0.2) is 0 Å². The maximum absolute atomic E-state index is 12.1. The summed E-state index contributed by atoms with van der Waals surface area (Å²) in [6, 6.07) is 16.4. The van der Waals surface area contributed by atoms with E-state index in [4.69, 9.17) is 0 Å². The van der Waals surface area contributed by atoms with Gasteiger partial charge in [-0.25, -0.2) is 4.99 Å². The van der Waals surface area contributed by atoms with Gasteiger partial charge in [-0.15, -0.1) is 0 Å². The van der Waals surface area contributed by atoms with Crippen molar-refractivity contribution in [2.24, 2.45) is 4.99 Å². The fourth-order valence-corrected chi connectivity index (χ4v) is 2.81. The summed E-state index contributed by atoms with van der Waals surface area (Å²) in [5.41, 5.74) is 5.12. The van der Waals surface area contributed by atoms with E-state index in [0.717, 1.165) is 29.9 Å². The Morgan fingerprint density at radius 2 is 1.76 bits per heavy atom. The van der Waals surface area contributed by atoms with Gasteiger partial charge < -0.3 is 10.2 Å². The van der Waals surface area contributed by atoms with Gasteiger partial charge in [0.25, 0.3) is 5.91 Å². The highest BCUT2D eigenvalue weighted by molar-refractivity contribution is 6.14. The molecule has 0 saturated carbocycles. The average molecular weight is 333 g/mol. The van der Waals surface area contributed by atoms with Crippen LogP contribution in [-0.4, -0.2) is 25.8 Å². The van der Waals surface area contributed by atoms with Gasteiger partial charge in [-0.3, -0.25) is 4.79 Å². The molecule has 1 heterocycles. The van der Waals surface area contributed by atoms with Crippen molar-refractivity contribution < 1.29 is 4.79 Å². The zero-order valence-corrected chi connectivity index (χ0v) is 14.9. The van der Waals surface area contributed by atoms with E-state index >= 15 is 0 Å². The highest BCUT2D eigenvalue weighted by atomic mass is 16.2. The number of benzene rings is 2. The Morgan fingerprint density at radius 3 is 2.44 bits per heavy atom. The van der Waals surface area contributed by atoms with Crippen LogP contribution in [0.1, 0.15) is 23.1 Å². The maximum Gasteiger partial charge on any atom is 0.275 e. The molecule has 1 amide bonds. The van der Waals surface area contributed by atoms with Gasteiger partial charge >= 0.3 is 0 Å². The zero-order valence-electron chi connectivity index (χ0n) is 14.9. The first-order valence-corrected chi connectivity index (χ1v) is 8.45. The molecule has 0 spiro atoms. The molecule has 3 rings (SSSR count). The molecule has 128 valence electrons. The first-order chi connectivity index (χ1) is 12.0. The van der Waals surface area contributed by atoms with Gasteiger partial charge in [0.05, 0.1) is 0 Å². The topological polar surface area (TPSA) is 44.7 Å². The molecule has 0 fully saturated rings. The number of aliphatic imine (C=N–C) groups is 1. The summed E-state index contributed by atoms with van der Waals surface area (Å²) in [7, 11) is 4.01. The van der Waals surface area contributed by atoms with Crippen LogP contribution in [0.5, 0.6) is 0 Å². The number of hydrogen-bond acceptors (Lipinski definition) is 3. The largest absolute Gasteiger partial charge is 0.378 e. The molecule has 0 atom stereocenters. The summed E-state index contributed by atoms with van der Waals surface area (Å²) in [4.78, 5) is 18.7. The lowest BCUT2D eigenvalue weighted by Gasteiger charge is -2.11. The minimum absolute atomic E-state index is 0.128. The molecule has 2 aromatic rings. The summed E-state index contributed by atoms with van der Waals surface area (Å²) < 4.78 is 0. The van der Waals surface area contributed by atoms with Gasteiger partial charge in [-0.1, -0.05) is 36.4 Å². The fraction of sp³-hybridized carbons (Fsp3) is 0.238. The molecule has 4 nitrogen and oxygen atoms in total. The summed E-state index contributed by atoms with van der Waals surface area (Å²) in [5, 5.41) is 2.88. The number of rotatable bonds is 5. The average Bonchev–Trinajstić information content (AvgIpc) is 2.94. The zero-order chi connectivity index (χ0) is 17.8. The van der Waals surface area contributed by atoms with Crippen molar-refractivity contribution in [2.45, 2.75) is 19.8 Å². The summed E-state index contributed by atoms with van der Waals surface area (Å²) >= 11 is 0. The lowest BCUT2D eigenvalue weighted by molar-refractivity contribution is -0.115. The smallest absolute Gasteiger partial charge is 0.275 e. The van der Waals surface area contributed by atoms with Crippen molar-refractivity contribution in [2.75, 3.05) is 19.0 Å². The lowest BCUT2D eigenvalue weighted by Crippen LogP contribution is -2.24. The van der Waals surface area contributed by atoms with E-state index in [1.165, 1.54) is 11.1 Å². The second kappa shape index (κ2) is 7.34. The summed E-state index contributed by atoms with van der Waals surface area (Å²) in [6.07, 6.45) is 3.43. The van der Waals surface area contributed by atoms with Crippen molar-refractivity contribution in [1.82, 2.24) is 5.32 Å². The van der Waals surface area contributed by atoms with Crippen molar-refractivity contribution in [1.29, 1.82) is 0 Å². The number of amidine groups is 1. The third kappa shape index (κ3) is 4.15. The van der Waals surface area contributed by atoms with Crippen LogP contribution in [0, 0.1) is 6.92 Å². The molecule has 1 N–H and O–H groups in total. The molecular weight excluding hydrogens is 310 g/mol. The standard InChI is InChI=1S/C21H23N3O/c1-15-6-4-5-7-17(15)10-13-20-22-19(21(25)23-20)14-16-8-11-18(12-9-16)24(2)3/h4-9,11-12,14H,10,13H2,1-3H3,(H,22,23,25)/b19-14+. The van der Waals surface area contributed by atoms with Crippen molar-refractivity contribution in [3.63, 3.8) is 0 Å². The number of nitrogens with one attached hydrogen (secondary N) is 1. The van der Waals surface area contributed by atoms with Crippen molar-refractivity contribution in [3.05, 3.63) is 70.9 Å². The van der Waals surface area contributed by atoms with Crippen molar-refractivity contribution >= 4 is 23.5 Å². The van der Waals surface area contributed by atoms with Crippen LogP contribution in [0.2, 0.25) is 0 Å². The van der Waals surface area contributed by atoms with E-state index in [9.17, 15) is 4.79 Å². The Morgan fingerprint density at radius 1 is 1.04 bits per heavy atom. The first kappa shape index (κ1) is 17.0. The van der Waals surface area contributed by atoms with Crippen LogP contribution < -0.4 is 10.2 Å². The van der Waals surface area contributed by atoms with E-state index in [0.29, 0.717) is 5.70 Å². The molecule has 25 heavy (non-hydrogen) atoms. The second-order valence-electron chi connectivity index (χ2n) is 6.45.